The van der Waals surface area contributed by atoms with Crippen LogP contribution in [0, 0.1) is 0 Å². The number of carbonyl (C=O) groups is 1. The van der Waals surface area contributed by atoms with Crippen LogP contribution in [0.1, 0.15) is 24.1 Å². The van der Waals surface area contributed by atoms with Crippen molar-refractivity contribution < 1.29 is 9.53 Å². The van der Waals surface area contributed by atoms with Gasteiger partial charge in [-0.2, -0.15) is 0 Å². The van der Waals surface area contributed by atoms with Gasteiger partial charge in [0, 0.05) is 26.2 Å². The number of para-hydroxylation sites is 2. The van der Waals surface area contributed by atoms with Gasteiger partial charge >= 0.3 is 0 Å². The number of anilines is 1. The maximum atomic E-state index is 13.3. The Morgan fingerprint density at radius 3 is 1.91 bits per heavy atom. The van der Waals surface area contributed by atoms with Crippen molar-refractivity contribution in [1.29, 1.82) is 0 Å². The average molecular weight is 430 g/mol. The van der Waals surface area contributed by atoms with Crippen molar-refractivity contribution in [1.82, 2.24) is 10.2 Å². The number of hydrogen-bond donors (Lipinski definition) is 1. The predicted molar refractivity (Wildman–Crippen MR) is 129 cm³/mol. The van der Waals surface area contributed by atoms with E-state index in [9.17, 15) is 4.79 Å². The Hall–Kier alpha value is -3.31. The third-order valence-electron chi connectivity index (χ3n) is 6.22. The fourth-order valence-electron chi connectivity index (χ4n) is 4.32. The lowest BCUT2D eigenvalue weighted by Crippen LogP contribution is -2.54. The number of piperazine rings is 1. The van der Waals surface area contributed by atoms with Crippen LogP contribution < -0.4 is 15.0 Å². The van der Waals surface area contributed by atoms with Gasteiger partial charge in [0.15, 0.2) is 0 Å². The van der Waals surface area contributed by atoms with E-state index in [1.807, 2.05) is 61.5 Å². The lowest BCUT2D eigenvalue weighted by Gasteiger charge is -2.39. The second kappa shape index (κ2) is 10.3. The lowest BCUT2D eigenvalue weighted by molar-refractivity contribution is -0.126. The number of nitrogens with zero attached hydrogens (tertiary/aromatic N) is 2. The highest BCUT2D eigenvalue weighted by molar-refractivity contribution is 5.82. The largest absolute Gasteiger partial charge is 0.495 e. The summed E-state index contributed by atoms with van der Waals surface area (Å²) in [5, 5.41) is 3.29. The zero-order chi connectivity index (χ0) is 22.3. The Kier molecular flexibility index (Phi) is 7.07. The van der Waals surface area contributed by atoms with Crippen molar-refractivity contribution in [3.8, 4) is 5.75 Å². The highest BCUT2D eigenvalue weighted by Crippen LogP contribution is 2.29. The molecule has 0 aromatic heterocycles. The first kappa shape index (κ1) is 21.9. The number of rotatable bonds is 7. The van der Waals surface area contributed by atoms with Gasteiger partial charge in [-0.1, -0.05) is 72.8 Å². The predicted octanol–water partition coefficient (Wildman–Crippen LogP) is 4.11. The molecule has 1 heterocycles. The number of hydrogen-bond acceptors (Lipinski definition) is 4. The molecule has 0 spiro atoms. The molecule has 1 saturated heterocycles. The molecule has 32 heavy (non-hydrogen) atoms. The summed E-state index contributed by atoms with van der Waals surface area (Å²) < 4.78 is 5.52. The molecule has 0 bridgehead atoms. The summed E-state index contributed by atoms with van der Waals surface area (Å²) in [6, 6.07) is 28.0. The van der Waals surface area contributed by atoms with Gasteiger partial charge in [0.2, 0.25) is 5.91 Å². The minimum Gasteiger partial charge on any atom is -0.495 e. The third kappa shape index (κ3) is 4.94. The second-order valence-corrected chi connectivity index (χ2v) is 8.13. The van der Waals surface area contributed by atoms with Crippen LogP contribution in [-0.4, -0.2) is 50.1 Å². The van der Waals surface area contributed by atoms with Gasteiger partial charge in [0.25, 0.3) is 0 Å². The Labute approximate surface area is 190 Å². The van der Waals surface area contributed by atoms with Gasteiger partial charge in [-0.15, -0.1) is 0 Å². The van der Waals surface area contributed by atoms with E-state index in [0.717, 1.165) is 48.7 Å². The summed E-state index contributed by atoms with van der Waals surface area (Å²) in [5.41, 5.74) is 3.28. The molecule has 166 valence electrons. The molecule has 0 saturated carbocycles. The Morgan fingerprint density at radius 1 is 0.812 bits per heavy atom. The molecule has 1 fully saturated rings. The minimum absolute atomic E-state index is 0.0495. The van der Waals surface area contributed by atoms with Crippen molar-refractivity contribution in [2.45, 2.75) is 19.0 Å². The molecule has 1 aliphatic heterocycles. The van der Waals surface area contributed by atoms with Gasteiger partial charge < -0.3 is 15.0 Å². The molecule has 3 aromatic carbocycles. The van der Waals surface area contributed by atoms with Gasteiger partial charge in [-0.05, 0) is 30.2 Å². The van der Waals surface area contributed by atoms with Gasteiger partial charge in [-0.25, -0.2) is 0 Å². The first-order valence-corrected chi connectivity index (χ1v) is 11.2. The molecule has 0 radical (unpaired) electrons. The lowest BCUT2D eigenvalue weighted by atomic mass is 9.98. The highest BCUT2D eigenvalue weighted by Gasteiger charge is 2.28. The normalized spacial score (nSPS) is 15.4. The number of carbonyl (C=O) groups excluding carboxylic acids is 1. The highest BCUT2D eigenvalue weighted by atomic mass is 16.5. The first-order chi connectivity index (χ1) is 15.7. The number of ether oxygens (including phenoxy) is 1. The maximum Gasteiger partial charge on any atom is 0.237 e. The Bertz CT molecular complexity index is 962. The zero-order valence-corrected chi connectivity index (χ0v) is 18.8. The monoisotopic (exact) mass is 429 g/mol. The zero-order valence-electron chi connectivity index (χ0n) is 18.8. The van der Waals surface area contributed by atoms with E-state index in [0.29, 0.717) is 0 Å². The second-order valence-electron chi connectivity index (χ2n) is 8.13. The molecule has 0 unspecified atom stereocenters. The Morgan fingerprint density at radius 2 is 1.34 bits per heavy atom. The van der Waals surface area contributed by atoms with Crippen LogP contribution >= 0.6 is 0 Å². The summed E-state index contributed by atoms with van der Waals surface area (Å²) in [6.07, 6.45) is 0. The van der Waals surface area contributed by atoms with Crippen LogP contribution in [0.5, 0.6) is 5.75 Å². The molecule has 3 aromatic rings. The smallest absolute Gasteiger partial charge is 0.237 e. The van der Waals surface area contributed by atoms with Crippen LogP contribution in [0.4, 0.5) is 5.69 Å². The molecule has 5 heteroatoms. The number of nitrogens with one attached hydrogen (secondary N) is 1. The summed E-state index contributed by atoms with van der Waals surface area (Å²) >= 11 is 0. The molecule has 1 amide bonds. The van der Waals surface area contributed by atoms with E-state index in [-0.39, 0.29) is 18.0 Å². The van der Waals surface area contributed by atoms with Crippen LogP contribution in [-0.2, 0) is 4.79 Å². The van der Waals surface area contributed by atoms with Crippen molar-refractivity contribution >= 4 is 11.6 Å². The molecular weight excluding hydrogens is 398 g/mol. The Balaban J connectivity index is 1.42. The van der Waals surface area contributed by atoms with E-state index in [1.165, 1.54) is 0 Å². The van der Waals surface area contributed by atoms with Crippen molar-refractivity contribution in [2.24, 2.45) is 0 Å². The van der Waals surface area contributed by atoms with Crippen molar-refractivity contribution in [2.75, 3.05) is 38.2 Å². The van der Waals surface area contributed by atoms with E-state index in [1.54, 1.807) is 7.11 Å². The fraction of sp³-hybridized carbons (Fsp3) is 0.296. The van der Waals surface area contributed by atoms with Crippen LogP contribution in [0.25, 0.3) is 0 Å². The van der Waals surface area contributed by atoms with E-state index >= 15 is 0 Å². The summed E-state index contributed by atoms with van der Waals surface area (Å²) in [7, 11) is 1.71. The maximum absolute atomic E-state index is 13.3. The van der Waals surface area contributed by atoms with Crippen molar-refractivity contribution in [3.63, 3.8) is 0 Å². The van der Waals surface area contributed by atoms with Crippen LogP contribution in [0.3, 0.4) is 0 Å². The van der Waals surface area contributed by atoms with E-state index in [4.69, 9.17) is 4.74 Å². The molecule has 1 N–H and O–H groups in total. The topological polar surface area (TPSA) is 44.8 Å². The summed E-state index contributed by atoms with van der Waals surface area (Å²) in [4.78, 5) is 17.9. The quantitative estimate of drug-likeness (QED) is 0.614. The molecule has 0 aliphatic carbocycles. The van der Waals surface area contributed by atoms with Crippen molar-refractivity contribution in [3.05, 3.63) is 96.1 Å². The number of amides is 1. The molecule has 5 nitrogen and oxygen atoms in total. The summed E-state index contributed by atoms with van der Waals surface area (Å²) in [6.45, 7) is 5.38. The average Bonchev–Trinajstić information content (AvgIpc) is 2.87. The van der Waals surface area contributed by atoms with Crippen LogP contribution in [0.2, 0.25) is 0 Å². The third-order valence-corrected chi connectivity index (χ3v) is 6.22. The minimum atomic E-state index is -0.204. The van der Waals surface area contributed by atoms with Gasteiger partial charge in [0.05, 0.1) is 24.9 Å². The molecule has 4 rings (SSSR count). The van der Waals surface area contributed by atoms with E-state index < -0.39 is 0 Å². The molecule has 1 atom stereocenters. The first-order valence-electron chi connectivity index (χ1n) is 11.2. The standard InChI is InChI=1S/C27H31N3O2/c1-21(29-17-19-30(20-18-29)24-15-9-10-16-25(24)32-2)27(31)28-26(22-11-5-3-6-12-22)23-13-7-4-8-14-23/h3-16,21,26H,17-20H2,1-2H3,(H,28,31)/t21-/m1/s1. The van der Waals surface area contributed by atoms with Crippen LogP contribution in [0.15, 0.2) is 84.9 Å². The summed E-state index contributed by atoms with van der Waals surface area (Å²) in [5.74, 6) is 0.939. The van der Waals surface area contributed by atoms with Gasteiger partial charge in [0.1, 0.15) is 5.75 Å². The van der Waals surface area contributed by atoms with E-state index in [2.05, 4.69) is 45.4 Å². The van der Waals surface area contributed by atoms with Gasteiger partial charge in [-0.3, -0.25) is 9.69 Å². The fourth-order valence-corrected chi connectivity index (χ4v) is 4.32. The number of methoxy groups -OCH3 is 1. The number of benzene rings is 3. The molecular formula is C27H31N3O2. The molecule has 1 aliphatic rings. The SMILES string of the molecule is COc1ccccc1N1CCN([C@H](C)C(=O)NC(c2ccccc2)c2ccccc2)CC1.